The number of benzene rings is 1. The van der Waals surface area contributed by atoms with E-state index in [9.17, 15) is 4.79 Å². The number of nitrogens with zero attached hydrogens (tertiary/aromatic N) is 2. The molecule has 2 amide bonds. The van der Waals surface area contributed by atoms with Crippen LogP contribution in [0.1, 0.15) is 0 Å². The number of ether oxygens (including phenoxy) is 1. The Morgan fingerprint density at radius 3 is 2.84 bits per heavy atom. The van der Waals surface area contributed by atoms with Gasteiger partial charge in [-0.25, -0.2) is 15.2 Å². The van der Waals surface area contributed by atoms with Gasteiger partial charge in [0.25, 0.3) is 0 Å². The fourth-order valence-corrected chi connectivity index (χ4v) is 1.39. The summed E-state index contributed by atoms with van der Waals surface area (Å²) in [6.45, 7) is 0. The van der Waals surface area contributed by atoms with Gasteiger partial charge in [-0.2, -0.15) is 0 Å². The highest BCUT2D eigenvalue weighted by molar-refractivity contribution is 5.91. The molecule has 2 aromatic rings. The van der Waals surface area contributed by atoms with Crippen molar-refractivity contribution >= 4 is 17.5 Å². The Labute approximate surface area is 110 Å². The highest BCUT2D eigenvalue weighted by Crippen LogP contribution is 2.22. The summed E-state index contributed by atoms with van der Waals surface area (Å²) in [6, 6.07) is 6.68. The van der Waals surface area contributed by atoms with Gasteiger partial charge in [-0.15, -0.1) is 0 Å². The smallest absolute Gasteiger partial charge is 0.338 e. The lowest BCUT2D eigenvalue weighted by molar-refractivity contribution is 0.253. The summed E-state index contributed by atoms with van der Waals surface area (Å²) in [5.41, 5.74) is 5.64. The van der Waals surface area contributed by atoms with E-state index in [-0.39, 0.29) is 0 Å². The van der Waals surface area contributed by atoms with Crippen molar-refractivity contribution in [3.05, 3.63) is 42.9 Å². The summed E-state index contributed by atoms with van der Waals surface area (Å²) in [5, 5.41) is 2.65. The predicted molar refractivity (Wildman–Crippen MR) is 70.8 cm³/mol. The fraction of sp³-hybridized carbons (Fsp3) is 0.0833. The van der Waals surface area contributed by atoms with Gasteiger partial charge in [0, 0.05) is 12.4 Å². The minimum absolute atomic E-state index is 0.435. The van der Waals surface area contributed by atoms with Crippen LogP contribution in [0.4, 0.5) is 16.3 Å². The zero-order chi connectivity index (χ0) is 13.5. The number of hydrogen-bond acceptors (Lipinski definition) is 5. The monoisotopic (exact) mass is 259 g/mol. The average Bonchev–Trinajstić information content (AvgIpc) is 2.47. The SMILES string of the molecule is COc1ccccc1NC(=O)NNc1cnccn1. The number of carbonyl (C=O) groups is 1. The van der Waals surface area contributed by atoms with Gasteiger partial charge in [0.1, 0.15) is 5.75 Å². The second kappa shape index (κ2) is 6.20. The van der Waals surface area contributed by atoms with E-state index < -0.39 is 6.03 Å². The summed E-state index contributed by atoms with van der Waals surface area (Å²) >= 11 is 0. The molecule has 0 spiro atoms. The molecule has 7 nitrogen and oxygen atoms in total. The number of rotatable bonds is 4. The maximum Gasteiger partial charge on any atom is 0.338 e. The molecule has 0 aliphatic heterocycles. The molecule has 1 heterocycles. The maximum atomic E-state index is 11.7. The molecule has 0 fully saturated rings. The standard InChI is InChI=1S/C12H13N5O2/c1-19-10-5-3-2-4-9(10)15-12(18)17-16-11-8-13-6-7-14-11/h2-8H,1H3,(H,14,16)(H2,15,17,18). The van der Waals surface area contributed by atoms with E-state index in [1.807, 2.05) is 6.07 Å². The molecule has 98 valence electrons. The maximum absolute atomic E-state index is 11.7. The normalized spacial score (nSPS) is 9.53. The largest absolute Gasteiger partial charge is 0.495 e. The van der Waals surface area contributed by atoms with Crippen molar-refractivity contribution in [3.8, 4) is 5.75 Å². The number of methoxy groups -OCH3 is 1. The van der Waals surface area contributed by atoms with Crippen LogP contribution in [0, 0.1) is 0 Å². The second-order valence-electron chi connectivity index (χ2n) is 3.50. The van der Waals surface area contributed by atoms with E-state index in [2.05, 4.69) is 26.1 Å². The molecule has 1 aromatic carbocycles. The molecule has 19 heavy (non-hydrogen) atoms. The van der Waals surface area contributed by atoms with Crippen molar-refractivity contribution in [1.29, 1.82) is 0 Å². The first-order chi connectivity index (χ1) is 9.29. The van der Waals surface area contributed by atoms with Gasteiger partial charge >= 0.3 is 6.03 Å². The predicted octanol–water partition coefficient (Wildman–Crippen LogP) is 1.63. The molecule has 0 aliphatic rings. The molecule has 0 aliphatic carbocycles. The Balaban J connectivity index is 1.91. The number of anilines is 2. The lowest BCUT2D eigenvalue weighted by Gasteiger charge is -2.11. The third kappa shape index (κ3) is 3.56. The summed E-state index contributed by atoms with van der Waals surface area (Å²) in [4.78, 5) is 19.5. The van der Waals surface area contributed by atoms with Crippen molar-refractivity contribution in [2.75, 3.05) is 17.9 Å². The van der Waals surface area contributed by atoms with Crippen LogP contribution in [0.3, 0.4) is 0 Å². The van der Waals surface area contributed by atoms with Gasteiger partial charge in [-0.1, -0.05) is 12.1 Å². The first-order valence-electron chi connectivity index (χ1n) is 5.51. The van der Waals surface area contributed by atoms with Crippen LogP contribution in [0.25, 0.3) is 0 Å². The number of para-hydroxylation sites is 2. The van der Waals surface area contributed by atoms with E-state index in [4.69, 9.17) is 4.74 Å². The van der Waals surface area contributed by atoms with Gasteiger partial charge in [0.2, 0.25) is 0 Å². The molecule has 0 unspecified atom stereocenters. The minimum Gasteiger partial charge on any atom is -0.495 e. The van der Waals surface area contributed by atoms with Crippen LogP contribution in [0.15, 0.2) is 42.9 Å². The van der Waals surface area contributed by atoms with E-state index in [1.165, 1.54) is 19.5 Å². The van der Waals surface area contributed by atoms with Gasteiger partial charge in [-0.05, 0) is 12.1 Å². The molecule has 1 aromatic heterocycles. The number of amides is 2. The number of urea groups is 1. The van der Waals surface area contributed by atoms with Crippen LogP contribution >= 0.6 is 0 Å². The molecule has 0 atom stereocenters. The molecule has 0 radical (unpaired) electrons. The fourth-order valence-electron chi connectivity index (χ4n) is 1.39. The lowest BCUT2D eigenvalue weighted by atomic mass is 10.3. The molecule has 7 heteroatoms. The Bertz CT molecular complexity index is 547. The number of nitrogens with one attached hydrogen (secondary N) is 3. The molecule has 0 saturated carbocycles. The highest BCUT2D eigenvalue weighted by Gasteiger charge is 2.05. The lowest BCUT2D eigenvalue weighted by Crippen LogP contribution is -2.34. The zero-order valence-corrected chi connectivity index (χ0v) is 10.3. The molecule has 0 saturated heterocycles. The summed E-state index contributed by atoms with van der Waals surface area (Å²) in [6.07, 6.45) is 4.55. The van der Waals surface area contributed by atoms with E-state index >= 15 is 0 Å². The Morgan fingerprint density at radius 1 is 1.26 bits per heavy atom. The van der Waals surface area contributed by atoms with Gasteiger partial charge < -0.3 is 10.1 Å². The first-order valence-corrected chi connectivity index (χ1v) is 5.51. The minimum atomic E-state index is -0.435. The van der Waals surface area contributed by atoms with E-state index in [1.54, 1.807) is 24.4 Å². The van der Waals surface area contributed by atoms with Crippen LogP contribution in [-0.4, -0.2) is 23.1 Å². The van der Waals surface area contributed by atoms with Crippen molar-refractivity contribution in [2.24, 2.45) is 0 Å². The summed E-state index contributed by atoms with van der Waals surface area (Å²) in [5.74, 6) is 1.02. The second-order valence-corrected chi connectivity index (χ2v) is 3.50. The quantitative estimate of drug-likeness (QED) is 0.726. The van der Waals surface area contributed by atoms with Gasteiger partial charge in [0.15, 0.2) is 5.82 Å². The zero-order valence-electron chi connectivity index (χ0n) is 10.3. The van der Waals surface area contributed by atoms with E-state index in [0.29, 0.717) is 17.3 Å². The molecular formula is C12H13N5O2. The third-order valence-corrected chi connectivity index (χ3v) is 2.22. The Kier molecular flexibility index (Phi) is 4.12. The van der Waals surface area contributed by atoms with Gasteiger partial charge in [0.05, 0.1) is 19.0 Å². The molecule has 3 N–H and O–H groups in total. The van der Waals surface area contributed by atoms with Crippen molar-refractivity contribution in [2.45, 2.75) is 0 Å². The topological polar surface area (TPSA) is 88.2 Å². The van der Waals surface area contributed by atoms with Crippen LogP contribution in [0.5, 0.6) is 5.75 Å². The molecule has 2 rings (SSSR count). The van der Waals surface area contributed by atoms with Gasteiger partial charge in [-0.3, -0.25) is 10.4 Å². The van der Waals surface area contributed by atoms with Crippen molar-refractivity contribution in [1.82, 2.24) is 15.4 Å². The number of carbonyl (C=O) groups excluding carboxylic acids is 1. The molecule has 0 bridgehead atoms. The first kappa shape index (κ1) is 12.6. The van der Waals surface area contributed by atoms with Crippen molar-refractivity contribution < 1.29 is 9.53 Å². The van der Waals surface area contributed by atoms with E-state index in [0.717, 1.165) is 0 Å². The highest BCUT2D eigenvalue weighted by atomic mass is 16.5. The van der Waals surface area contributed by atoms with Crippen LogP contribution in [-0.2, 0) is 0 Å². The van der Waals surface area contributed by atoms with Crippen molar-refractivity contribution in [3.63, 3.8) is 0 Å². The summed E-state index contributed by atoms with van der Waals surface area (Å²) in [7, 11) is 1.54. The number of aromatic nitrogens is 2. The number of hydrazine groups is 1. The Hall–Kier alpha value is -2.83. The Morgan fingerprint density at radius 2 is 2.11 bits per heavy atom. The molecular weight excluding hydrogens is 246 g/mol. The van der Waals surface area contributed by atoms with Crippen LogP contribution in [0.2, 0.25) is 0 Å². The summed E-state index contributed by atoms with van der Waals surface area (Å²) < 4.78 is 5.12. The van der Waals surface area contributed by atoms with Crippen LogP contribution < -0.4 is 20.9 Å². The average molecular weight is 259 g/mol. The third-order valence-electron chi connectivity index (χ3n) is 2.22. The number of hydrogen-bond donors (Lipinski definition) is 3.